The largest absolute Gasteiger partial charge is 0.366 e. The second-order valence-corrected chi connectivity index (χ2v) is 7.64. The summed E-state index contributed by atoms with van der Waals surface area (Å²) in [4.78, 5) is 31.3. The van der Waals surface area contributed by atoms with Crippen molar-refractivity contribution in [2.45, 2.75) is 13.5 Å². The number of anilines is 1. The quantitative estimate of drug-likeness (QED) is 0.230. The van der Waals surface area contributed by atoms with E-state index in [4.69, 9.17) is 11.6 Å². The van der Waals surface area contributed by atoms with Crippen molar-refractivity contribution in [2.75, 3.05) is 19.4 Å². The molecule has 188 valence electrons. The summed E-state index contributed by atoms with van der Waals surface area (Å²) in [5.41, 5.74) is 1.36. The number of hydrogen-bond donors (Lipinski definition) is 3. The molecule has 3 N–H and O–H groups in total. The Morgan fingerprint density at radius 2 is 1.74 bits per heavy atom. The number of para-hydroxylation sites is 1. The van der Waals surface area contributed by atoms with Gasteiger partial charge >= 0.3 is 0 Å². The number of H-pyrrole nitrogens is 1. The lowest BCUT2D eigenvalue weighted by Crippen LogP contribution is -2.23. The molecule has 1 aromatic heterocycles. The molecule has 0 aliphatic rings. The normalized spacial score (nSPS) is 10.6. The molecule has 0 unspecified atom stereocenters. The van der Waals surface area contributed by atoms with Crippen molar-refractivity contribution in [3.05, 3.63) is 75.9 Å². The molecule has 0 bridgehead atoms. The Bertz CT molecular complexity index is 1230. The fourth-order valence-electron chi connectivity index (χ4n) is 2.70. The first-order valence-electron chi connectivity index (χ1n) is 9.75. The summed E-state index contributed by atoms with van der Waals surface area (Å²) in [6, 6.07) is 10.1. The molecule has 1 heterocycles. The second-order valence-electron chi connectivity index (χ2n) is 7.23. The van der Waals surface area contributed by atoms with Crippen molar-refractivity contribution in [3.63, 3.8) is 0 Å². The molecule has 13 heteroatoms. The van der Waals surface area contributed by atoms with Gasteiger partial charge in [-0.3, -0.25) is 14.7 Å². The number of carbonyl (C=O) groups is 2. The third-order valence-electron chi connectivity index (χ3n) is 4.68. The Kier molecular flexibility index (Phi) is 11.1. The van der Waals surface area contributed by atoms with E-state index in [1.54, 1.807) is 0 Å². The summed E-state index contributed by atoms with van der Waals surface area (Å²) >= 11 is 5.81. The van der Waals surface area contributed by atoms with Gasteiger partial charge in [-0.25, -0.2) is 13.8 Å². The summed E-state index contributed by atoms with van der Waals surface area (Å²) in [6.07, 6.45) is 0. The predicted molar refractivity (Wildman–Crippen MR) is 136 cm³/mol. The molecule has 3 aromatic rings. The van der Waals surface area contributed by atoms with Crippen LogP contribution in [0.2, 0.25) is 5.02 Å². The number of carbonyl (C=O) groups excluding carboxylic acids is 2. The number of amides is 2. The minimum Gasteiger partial charge on any atom is -0.366 e. The number of aliphatic imine (C=N–C) groups is 1. The maximum absolute atomic E-state index is 13.4. The van der Waals surface area contributed by atoms with E-state index < -0.39 is 23.4 Å². The monoisotopic (exact) mass is 546 g/mol. The maximum atomic E-state index is 13.4. The number of nitrogens with one attached hydrogen (secondary N) is 3. The lowest BCUT2D eigenvalue weighted by atomic mass is 10.2. The number of amidine groups is 1. The van der Waals surface area contributed by atoms with Crippen molar-refractivity contribution in [3.8, 4) is 0 Å². The molecule has 8 nitrogen and oxygen atoms in total. The van der Waals surface area contributed by atoms with Crippen LogP contribution in [0.5, 0.6) is 0 Å². The highest BCUT2D eigenvalue weighted by molar-refractivity contribution is 6.34. The van der Waals surface area contributed by atoms with Gasteiger partial charge < -0.3 is 15.5 Å². The lowest BCUT2D eigenvalue weighted by Gasteiger charge is -2.13. The summed E-state index contributed by atoms with van der Waals surface area (Å²) in [5, 5.41) is 11.2. The molecule has 2 amide bonds. The van der Waals surface area contributed by atoms with Crippen LogP contribution in [-0.4, -0.2) is 46.8 Å². The predicted octanol–water partition coefficient (Wildman–Crippen LogP) is 4.98. The molecule has 2 aromatic carbocycles. The SMILES string of the molecule is CC(=Nc1ccccc1CNC(=O)c1cc(NC(=O)c2cc(F)c(F)cc2Cl)n[nH]1)N(C)C.Cl.Cl. The smallest absolute Gasteiger partial charge is 0.269 e. The first-order valence-corrected chi connectivity index (χ1v) is 10.1. The van der Waals surface area contributed by atoms with Crippen LogP contribution in [0.3, 0.4) is 0 Å². The highest BCUT2D eigenvalue weighted by atomic mass is 35.5. The van der Waals surface area contributed by atoms with Gasteiger partial charge in [-0.1, -0.05) is 29.8 Å². The topological polar surface area (TPSA) is 102 Å². The summed E-state index contributed by atoms with van der Waals surface area (Å²) in [6.45, 7) is 2.09. The van der Waals surface area contributed by atoms with Crippen LogP contribution in [0, 0.1) is 11.6 Å². The lowest BCUT2D eigenvalue weighted by molar-refractivity contribution is 0.0945. The first-order chi connectivity index (χ1) is 15.7. The zero-order chi connectivity index (χ0) is 24.1. The van der Waals surface area contributed by atoms with Crippen LogP contribution < -0.4 is 10.6 Å². The fourth-order valence-corrected chi connectivity index (χ4v) is 2.93. The molecular weight excluding hydrogens is 525 g/mol. The van der Waals surface area contributed by atoms with Crippen LogP contribution in [-0.2, 0) is 6.54 Å². The van der Waals surface area contributed by atoms with Gasteiger partial charge in [0.1, 0.15) is 11.5 Å². The zero-order valence-electron chi connectivity index (χ0n) is 18.9. The molecule has 0 saturated carbocycles. The number of benzene rings is 2. The third-order valence-corrected chi connectivity index (χ3v) is 4.99. The van der Waals surface area contributed by atoms with E-state index in [-0.39, 0.29) is 53.5 Å². The number of nitrogens with zero attached hydrogens (tertiary/aromatic N) is 3. The van der Waals surface area contributed by atoms with E-state index in [9.17, 15) is 18.4 Å². The van der Waals surface area contributed by atoms with Gasteiger partial charge in [0.25, 0.3) is 11.8 Å². The molecule has 0 spiro atoms. The molecule has 0 aliphatic carbocycles. The van der Waals surface area contributed by atoms with Crippen molar-refractivity contribution in [2.24, 2.45) is 4.99 Å². The molecule has 0 atom stereocenters. The van der Waals surface area contributed by atoms with Gasteiger partial charge in [-0.05, 0) is 30.7 Å². The van der Waals surface area contributed by atoms with Crippen LogP contribution >= 0.6 is 36.4 Å². The van der Waals surface area contributed by atoms with Gasteiger partial charge in [-0.2, -0.15) is 5.10 Å². The van der Waals surface area contributed by atoms with E-state index in [2.05, 4.69) is 25.8 Å². The number of aromatic amines is 1. The van der Waals surface area contributed by atoms with Gasteiger partial charge in [-0.15, -0.1) is 24.8 Å². The van der Waals surface area contributed by atoms with Crippen LogP contribution in [0.1, 0.15) is 33.3 Å². The number of rotatable bonds is 6. The number of halogens is 5. The van der Waals surface area contributed by atoms with Gasteiger partial charge in [0, 0.05) is 26.7 Å². The highest BCUT2D eigenvalue weighted by Gasteiger charge is 2.17. The van der Waals surface area contributed by atoms with Crippen LogP contribution in [0.25, 0.3) is 0 Å². The number of hydrogen-bond acceptors (Lipinski definition) is 4. The highest BCUT2D eigenvalue weighted by Crippen LogP contribution is 2.22. The molecule has 0 fully saturated rings. The first kappa shape index (κ1) is 29.8. The van der Waals surface area contributed by atoms with Crippen LogP contribution in [0.4, 0.5) is 20.3 Å². The summed E-state index contributed by atoms with van der Waals surface area (Å²) < 4.78 is 26.6. The average molecular weight is 548 g/mol. The minimum absolute atomic E-state index is 0. The molecule has 0 aliphatic heterocycles. The summed E-state index contributed by atoms with van der Waals surface area (Å²) in [5.74, 6) is -2.82. The maximum Gasteiger partial charge on any atom is 0.269 e. The van der Waals surface area contributed by atoms with Gasteiger partial charge in [0.15, 0.2) is 17.5 Å². The van der Waals surface area contributed by atoms with E-state index in [1.165, 1.54) is 6.07 Å². The van der Waals surface area contributed by atoms with Crippen molar-refractivity contribution in [1.29, 1.82) is 0 Å². The Balaban J connectivity index is 0.00000306. The molecule has 0 radical (unpaired) electrons. The van der Waals surface area contributed by atoms with E-state index in [0.717, 1.165) is 17.1 Å². The average Bonchev–Trinajstić information content (AvgIpc) is 3.23. The Hall–Kier alpha value is -3.21. The summed E-state index contributed by atoms with van der Waals surface area (Å²) in [7, 11) is 3.77. The molecular formula is C22H23Cl3F2N6O2. The Morgan fingerprint density at radius 1 is 1.09 bits per heavy atom. The van der Waals surface area contributed by atoms with Gasteiger partial charge in [0.2, 0.25) is 0 Å². The fraction of sp³-hybridized carbons (Fsp3) is 0.182. The molecule has 3 rings (SSSR count). The molecule has 35 heavy (non-hydrogen) atoms. The second kappa shape index (κ2) is 13.0. The van der Waals surface area contributed by atoms with Crippen molar-refractivity contribution >= 4 is 65.6 Å². The van der Waals surface area contributed by atoms with E-state index in [1.807, 2.05) is 50.2 Å². The standard InChI is InChI=1S/C22H21ClF2N6O2.2ClH/c1-12(31(2)3)27-18-7-5-4-6-13(18)11-26-22(33)19-10-20(30-29-19)28-21(32)14-8-16(24)17(25)9-15(14)23;;/h4-10H,11H2,1-3H3,(H,26,33)(H2,28,29,30,32);2*1H. The number of aromatic nitrogens is 2. The zero-order valence-corrected chi connectivity index (χ0v) is 21.2. The van der Waals surface area contributed by atoms with E-state index in [0.29, 0.717) is 12.1 Å². The van der Waals surface area contributed by atoms with Gasteiger partial charge in [0.05, 0.1) is 16.3 Å². The minimum atomic E-state index is -1.21. The van der Waals surface area contributed by atoms with E-state index >= 15 is 0 Å². The third kappa shape index (κ3) is 7.64. The Labute approximate surface area is 218 Å². The molecule has 0 saturated heterocycles. The van der Waals surface area contributed by atoms with Crippen molar-refractivity contribution in [1.82, 2.24) is 20.4 Å². The van der Waals surface area contributed by atoms with Crippen molar-refractivity contribution < 1.29 is 18.4 Å². The van der Waals surface area contributed by atoms with Crippen LogP contribution in [0.15, 0.2) is 47.5 Å². The Morgan fingerprint density at radius 3 is 2.43 bits per heavy atom.